The van der Waals surface area contributed by atoms with E-state index < -0.39 is 22.6 Å². The number of amides is 3. The van der Waals surface area contributed by atoms with Gasteiger partial charge >= 0.3 is 0 Å². The second kappa shape index (κ2) is 8.71. The lowest BCUT2D eigenvalue weighted by molar-refractivity contribution is -0.140. The van der Waals surface area contributed by atoms with E-state index >= 15 is 0 Å². The highest BCUT2D eigenvalue weighted by molar-refractivity contribution is 8.02. The summed E-state index contributed by atoms with van der Waals surface area (Å²) in [7, 11) is 0. The lowest BCUT2D eigenvalue weighted by Gasteiger charge is -2.35. The zero-order chi connectivity index (χ0) is 23.1. The molecule has 4 rings (SSSR count). The Morgan fingerprint density at radius 2 is 1.94 bits per heavy atom. The molecule has 3 saturated heterocycles. The summed E-state index contributed by atoms with van der Waals surface area (Å²) in [5, 5.41) is 15.4. The second-order valence-electron chi connectivity index (χ2n) is 9.70. The van der Waals surface area contributed by atoms with Crippen molar-refractivity contribution in [1.82, 2.24) is 15.5 Å². The third-order valence-electron chi connectivity index (χ3n) is 7.11. The van der Waals surface area contributed by atoms with E-state index in [1.807, 2.05) is 44.2 Å². The van der Waals surface area contributed by atoms with E-state index in [1.165, 1.54) is 0 Å². The molecule has 1 aromatic rings. The first-order valence-corrected chi connectivity index (χ1v) is 12.3. The summed E-state index contributed by atoms with van der Waals surface area (Å²) in [6.45, 7) is 6.56. The fourth-order valence-corrected chi connectivity index (χ4v) is 8.22. The standard InChI is InChI=1S/C24H33N3O4S/c1-15(2)26-21(30)19-24-11-10-23(3,32-24)17(18(24)22(31)27(19)12-7-13-28)20(29)25-14-16-8-5-4-6-9-16/h4-6,8-9,15,17-19,28H,7,10-14H2,1-3H3,(H,25,29)(H,26,30)/t17-,18-,19?,23+,24?/m0/s1. The Bertz CT molecular complexity index is 894. The van der Waals surface area contributed by atoms with Crippen molar-refractivity contribution in [3.05, 3.63) is 35.9 Å². The first-order chi connectivity index (χ1) is 15.2. The number of hydrogen-bond donors (Lipinski definition) is 3. The number of hydrogen-bond acceptors (Lipinski definition) is 5. The van der Waals surface area contributed by atoms with Gasteiger partial charge in [0.05, 0.1) is 16.6 Å². The second-order valence-corrected chi connectivity index (χ2v) is 11.6. The quantitative estimate of drug-likeness (QED) is 0.550. The largest absolute Gasteiger partial charge is 0.396 e. The normalized spacial score (nSPS) is 33.0. The molecule has 8 heteroatoms. The summed E-state index contributed by atoms with van der Waals surface area (Å²) in [4.78, 5) is 42.1. The number of rotatable bonds is 8. The van der Waals surface area contributed by atoms with Gasteiger partial charge in [0.1, 0.15) is 6.04 Å². The van der Waals surface area contributed by atoms with Crippen LogP contribution in [0.25, 0.3) is 0 Å². The highest BCUT2D eigenvalue weighted by Gasteiger charge is 2.76. The molecule has 5 atom stereocenters. The Kier molecular flexibility index (Phi) is 6.29. The van der Waals surface area contributed by atoms with Crippen molar-refractivity contribution >= 4 is 29.5 Å². The Balaban J connectivity index is 1.63. The summed E-state index contributed by atoms with van der Waals surface area (Å²) in [5.74, 6) is -1.40. The molecule has 3 N–H and O–H groups in total. The van der Waals surface area contributed by atoms with Gasteiger partial charge in [-0.05, 0) is 45.6 Å². The summed E-state index contributed by atoms with van der Waals surface area (Å²) in [5.41, 5.74) is 1.01. The van der Waals surface area contributed by atoms with Crippen LogP contribution in [-0.2, 0) is 20.9 Å². The number of likely N-dealkylation sites (tertiary alicyclic amines) is 1. The van der Waals surface area contributed by atoms with Crippen LogP contribution in [0.1, 0.15) is 45.6 Å². The molecule has 2 bridgehead atoms. The van der Waals surface area contributed by atoms with Gasteiger partial charge in [-0.1, -0.05) is 30.3 Å². The number of aliphatic hydroxyl groups is 1. The minimum atomic E-state index is -0.618. The van der Waals surface area contributed by atoms with Crippen LogP contribution in [0.5, 0.6) is 0 Å². The van der Waals surface area contributed by atoms with Crippen LogP contribution in [0.3, 0.4) is 0 Å². The maximum atomic E-state index is 13.7. The SMILES string of the molecule is CC(C)NC(=O)C1N(CCCO)C(=O)[C@@H]2[C@@H](C(=O)NCc3ccccc3)[C@@]3(C)CCC12S3. The monoisotopic (exact) mass is 459 g/mol. The van der Waals surface area contributed by atoms with E-state index in [0.717, 1.165) is 18.4 Å². The van der Waals surface area contributed by atoms with E-state index in [2.05, 4.69) is 17.6 Å². The smallest absolute Gasteiger partial charge is 0.244 e. The van der Waals surface area contributed by atoms with Crippen LogP contribution in [-0.4, -0.2) is 62.5 Å². The molecule has 3 fully saturated rings. The van der Waals surface area contributed by atoms with Gasteiger partial charge in [0.25, 0.3) is 0 Å². The van der Waals surface area contributed by atoms with Crippen molar-refractivity contribution in [2.45, 2.75) is 68.2 Å². The zero-order valence-electron chi connectivity index (χ0n) is 19.0. The summed E-state index contributed by atoms with van der Waals surface area (Å²) in [6, 6.07) is 9.06. The molecular weight excluding hydrogens is 426 g/mol. The average Bonchev–Trinajstić information content (AvgIpc) is 3.31. The number of benzene rings is 1. The van der Waals surface area contributed by atoms with Crippen molar-refractivity contribution in [3.8, 4) is 0 Å². The van der Waals surface area contributed by atoms with Gasteiger partial charge in [0.15, 0.2) is 0 Å². The number of nitrogens with zero attached hydrogens (tertiary/aromatic N) is 1. The molecule has 0 saturated carbocycles. The molecule has 3 aliphatic rings. The number of thioether (sulfide) groups is 1. The maximum absolute atomic E-state index is 13.7. The van der Waals surface area contributed by atoms with Crippen molar-refractivity contribution in [2.24, 2.45) is 11.8 Å². The van der Waals surface area contributed by atoms with Gasteiger partial charge in [-0.25, -0.2) is 0 Å². The number of carbonyl (C=O) groups is 3. The van der Waals surface area contributed by atoms with Gasteiger partial charge in [0, 0.05) is 30.5 Å². The maximum Gasteiger partial charge on any atom is 0.244 e. The van der Waals surface area contributed by atoms with E-state index in [4.69, 9.17) is 0 Å². The molecule has 2 unspecified atom stereocenters. The zero-order valence-corrected chi connectivity index (χ0v) is 19.8. The summed E-state index contributed by atoms with van der Waals surface area (Å²) < 4.78 is -0.977. The number of fused-ring (bicyclic) bond motifs is 1. The fourth-order valence-electron chi connectivity index (χ4n) is 5.87. The first kappa shape index (κ1) is 23.1. The Labute approximate surface area is 193 Å². The Hall–Kier alpha value is -2.06. The lowest BCUT2D eigenvalue weighted by Crippen LogP contribution is -2.55. The number of carbonyl (C=O) groups excluding carboxylic acids is 3. The Morgan fingerprint density at radius 1 is 1.22 bits per heavy atom. The van der Waals surface area contributed by atoms with Crippen LogP contribution in [0.4, 0.5) is 0 Å². The fraction of sp³-hybridized carbons (Fsp3) is 0.625. The van der Waals surface area contributed by atoms with Gasteiger partial charge in [-0.3, -0.25) is 14.4 Å². The molecule has 174 valence electrons. The van der Waals surface area contributed by atoms with Crippen LogP contribution < -0.4 is 10.6 Å². The van der Waals surface area contributed by atoms with Gasteiger partial charge in [-0.2, -0.15) is 0 Å². The minimum absolute atomic E-state index is 0.0445. The molecule has 3 amide bonds. The molecule has 3 aliphatic heterocycles. The van der Waals surface area contributed by atoms with Crippen LogP contribution in [0, 0.1) is 11.8 Å². The summed E-state index contributed by atoms with van der Waals surface area (Å²) >= 11 is 1.67. The third kappa shape index (κ3) is 3.71. The lowest BCUT2D eigenvalue weighted by atomic mass is 9.66. The van der Waals surface area contributed by atoms with Crippen LogP contribution >= 0.6 is 11.8 Å². The van der Waals surface area contributed by atoms with E-state index in [0.29, 0.717) is 19.5 Å². The van der Waals surface area contributed by atoms with Crippen LogP contribution in [0.15, 0.2) is 30.3 Å². The molecular formula is C24H33N3O4S. The molecule has 0 aliphatic carbocycles. The first-order valence-electron chi connectivity index (χ1n) is 11.5. The predicted octanol–water partition coefficient (Wildman–Crippen LogP) is 1.69. The molecule has 0 radical (unpaired) electrons. The summed E-state index contributed by atoms with van der Waals surface area (Å²) in [6.07, 6.45) is 1.94. The Morgan fingerprint density at radius 3 is 2.59 bits per heavy atom. The molecule has 3 heterocycles. The third-order valence-corrected chi connectivity index (χ3v) is 9.09. The predicted molar refractivity (Wildman–Crippen MR) is 124 cm³/mol. The van der Waals surface area contributed by atoms with E-state index in [9.17, 15) is 19.5 Å². The molecule has 0 aromatic heterocycles. The van der Waals surface area contributed by atoms with Crippen molar-refractivity contribution in [3.63, 3.8) is 0 Å². The van der Waals surface area contributed by atoms with Crippen LogP contribution in [0.2, 0.25) is 0 Å². The van der Waals surface area contributed by atoms with Gasteiger partial charge in [-0.15, -0.1) is 11.8 Å². The molecule has 7 nitrogen and oxygen atoms in total. The van der Waals surface area contributed by atoms with Crippen molar-refractivity contribution < 1.29 is 19.5 Å². The average molecular weight is 460 g/mol. The van der Waals surface area contributed by atoms with Crippen molar-refractivity contribution in [1.29, 1.82) is 0 Å². The minimum Gasteiger partial charge on any atom is -0.396 e. The topological polar surface area (TPSA) is 98.7 Å². The van der Waals surface area contributed by atoms with Gasteiger partial charge in [0.2, 0.25) is 17.7 Å². The molecule has 32 heavy (non-hydrogen) atoms. The van der Waals surface area contributed by atoms with Gasteiger partial charge < -0.3 is 20.6 Å². The highest BCUT2D eigenvalue weighted by Crippen LogP contribution is 2.71. The number of nitrogens with one attached hydrogen (secondary N) is 2. The highest BCUT2D eigenvalue weighted by atomic mass is 32.2. The number of aliphatic hydroxyl groups excluding tert-OH is 1. The molecule has 1 spiro atoms. The molecule has 1 aromatic carbocycles. The van der Waals surface area contributed by atoms with E-state index in [1.54, 1.807) is 16.7 Å². The van der Waals surface area contributed by atoms with Crippen molar-refractivity contribution in [2.75, 3.05) is 13.2 Å². The van der Waals surface area contributed by atoms with E-state index in [-0.39, 0.29) is 35.1 Å².